The zero-order valence-corrected chi connectivity index (χ0v) is 17.9. The van der Waals surface area contributed by atoms with Crippen LogP contribution < -0.4 is 19.9 Å². The van der Waals surface area contributed by atoms with Crippen molar-refractivity contribution in [1.82, 2.24) is 5.43 Å². The normalized spacial score (nSPS) is 14.2. The van der Waals surface area contributed by atoms with Crippen LogP contribution in [0.15, 0.2) is 48.0 Å². The van der Waals surface area contributed by atoms with E-state index in [9.17, 15) is 24.5 Å². The lowest BCUT2D eigenvalue weighted by Gasteiger charge is -2.14. The molecule has 0 radical (unpaired) electrons. The fourth-order valence-corrected chi connectivity index (χ4v) is 3.05. The van der Waals surface area contributed by atoms with Crippen LogP contribution in [-0.4, -0.2) is 42.5 Å². The molecular weight excluding hydrogens is 434 g/mol. The summed E-state index contributed by atoms with van der Waals surface area (Å²) in [7, 11) is 0. The standard InChI is InChI=1S/C22H21N3O8/c1-3-31-18-12-14(11-17(25(29)30)20(18)33-13-19(26)32-4-2)10-16-21(27)23-24(22(16)28)15-8-6-5-7-9-15/h5-12H,3-4,13H2,1-2H3,(H,23,27)/b16-10-. The molecule has 1 heterocycles. The number of anilines is 1. The van der Waals surface area contributed by atoms with Gasteiger partial charge in [0.1, 0.15) is 5.57 Å². The first-order valence-corrected chi connectivity index (χ1v) is 10.0. The van der Waals surface area contributed by atoms with Gasteiger partial charge >= 0.3 is 11.7 Å². The second-order valence-corrected chi connectivity index (χ2v) is 6.63. The quantitative estimate of drug-likeness (QED) is 0.200. The molecule has 1 N–H and O–H groups in total. The first-order chi connectivity index (χ1) is 15.8. The highest BCUT2D eigenvalue weighted by molar-refractivity contribution is 6.31. The number of benzene rings is 2. The maximum absolute atomic E-state index is 12.8. The Morgan fingerprint density at radius 3 is 2.48 bits per heavy atom. The van der Waals surface area contributed by atoms with Crippen molar-refractivity contribution in [3.63, 3.8) is 0 Å². The molecule has 2 aromatic rings. The summed E-state index contributed by atoms with van der Waals surface area (Å²) in [5.41, 5.74) is 2.38. The number of nitrogens with one attached hydrogen (secondary N) is 1. The number of nitrogens with zero attached hydrogens (tertiary/aromatic N) is 2. The summed E-state index contributed by atoms with van der Waals surface area (Å²) in [6.45, 7) is 3.01. The van der Waals surface area contributed by atoms with Crippen molar-refractivity contribution in [1.29, 1.82) is 0 Å². The van der Waals surface area contributed by atoms with Crippen molar-refractivity contribution in [2.75, 3.05) is 24.8 Å². The Labute approximate surface area is 188 Å². The van der Waals surface area contributed by atoms with E-state index < -0.39 is 35.0 Å². The maximum atomic E-state index is 12.8. The van der Waals surface area contributed by atoms with Crippen LogP contribution in [0.25, 0.3) is 6.08 Å². The Morgan fingerprint density at radius 2 is 1.85 bits per heavy atom. The SMILES string of the molecule is CCOC(=O)COc1c(OCC)cc(/C=C2/C(=O)NN(c3ccccc3)C2=O)cc1[N+](=O)[O-]. The van der Waals surface area contributed by atoms with E-state index in [-0.39, 0.29) is 35.8 Å². The number of hydrazine groups is 1. The first kappa shape index (κ1) is 23.3. The van der Waals surface area contributed by atoms with Gasteiger partial charge in [-0.25, -0.2) is 9.80 Å². The predicted octanol–water partition coefficient (Wildman–Crippen LogP) is 2.40. The number of ether oxygens (including phenoxy) is 3. The third kappa shape index (κ3) is 5.26. The number of hydrogen-bond donors (Lipinski definition) is 1. The molecule has 1 fully saturated rings. The number of carbonyl (C=O) groups is 3. The Morgan fingerprint density at radius 1 is 1.12 bits per heavy atom. The minimum atomic E-state index is -0.710. The van der Waals surface area contributed by atoms with Crippen LogP contribution in [0.3, 0.4) is 0 Å². The van der Waals surface area contributed by atoms with Crippen molar-refractivity contribution in [3.05, 3.63) is 63.7 Å². The summed E-state index contributed by atoms with van der Waals surface area (Å²) in [5.74, 6) is -2.25. The fraction of sp³-hybridized carbons (Fsp3) is 0.227. The molecule has 2 amide bonds. The summed E-state index contributed by atoms with van der Waals surface area (Å²) in [4.78, 5) is 47.8. The average Bonchev–Trinajstić information content (AvgIpc) is 3.07. The van der Waals surface area contributed by atoms with E-state index in [1.165, 1.54) is 12.1 Å². The van der Waals surface area contributed by atoms with E-state index in [2.05, 4.69) is 5.43 Å². The minimum Gasteiger partial charge on any atom is -0.490 e. The van der Waals surface area contributed by atoms with E-state index in [0.717, 1.165) is 11.1 Å². The number of para-hydroxylation sites is 1. The summed E-state index contributed by atoms with van der Waals surface area (Å²) >= 11 is 0. The van der Waals surface area contributed by atoms with Crippen molar-refractivity contribution in [2.24, 2.45) is 0 Å². The maximum Gasteiger partial charge on any atom is 0.344 e. The molecule has 0 aliphatic carbocycles. The lowest BCUT2D eigenvalue weighted by Crippen LogP contribution is -2.35. The Hall–Kier alpha value is -4.41. The van der Waals surface area contributed by atoms with E-state index in [4.69, 9.17) is 14.2 Å². The molecule has 3 rings (SSSR count). The second kappa shape index (κ2) is 10.3. The van der Waals surface area contributed by atoms with Gasteiger partial charge < -0.3 is 14.2 Å². The van der Waals surface area contributed by atoms with Gasteiger partial charge in [0.15, 0.2) is 12.4 Å². The van der Waals surface area contributed by atoms with Crippen LogP contribution >= 0.6 is 0 Å². The van der Waals surface area contributed by atoms with E-state index in [0.29, 0.717) is 5.69 Å². The monoisotopic (exact) mass is 455 g/mol. The molecule has 172 valence electrons. The largest absolute Gasteiger partial charge is 0.490 e. The summed E-state index contributed by atoms with van der Waals surface area (Å²) < 4.78 is 15.6. The smallest absolute Gasteiger partial charge is 0.344 e. The summed E-state index contributed by atoms with van der Waals surface area (Å²) in [6.07, 6.45) is 1.23. The topological polar surface area (TPSA) is 137 Å². The zero-order chi connectivity index (χ0) is 24.0. The third-order valence-electron chi connectivity index (χ3n) is 4.41. The van der Waals surface area contributed by atoms with Gasteiger partial charge in [0, 0.05) is 6.07 Å². The lowest BCUT2D eigenvalue weighted by atomic mass is 10.1. The van der Waals surface area contributed by atoms with Crippen LogP contribution in [0.2, 0.25) is 0 Å². The summed E-state index contributed by atoms with van der Waals surface area (Å²) in [6, 6.07) is 11.0. The number of nitro groups is 1. The average molecular weight is 455 g/mol. The van der Waals surface area contributed by atoms with Crippen LogP contribution in [0.1, 0.15) is 19.4 Å². The number of amides is 2. The highest BCUT2D eigenvalue weighted by Gasteiger charge is 2.35. The number of carbonyl (C=O) groups excluding carboxylic acids is 3. The number of hydrogen-bond acceptors (Lipinski definition) is 8. The van der Waals surface area contributed by atoms with Gasteiger partial charge in [-0.1, -0.05) is 18.2 Å². The molecule has 0 saturated carbocycles. The molecule has 0 spiro atoms. The molecule has 2 aromatic carbocycles. The summed E-state index contributed by atoms with van der Waals surface area (Å²) in [5, 5.41) is 12.8. The van der Waals surface area contributed by atoms with Crippen LogP contribution in [-0.2, 0) is 19.1 Å². The third-order valence-corrected chi connectivity index (χ3v) is 4.41. The van der Waals surface area contributed by atoms with E-state index in [1.807, 2.05) is 0 Å². The lowest BCUT2D eigenvalue weighted by molar-refractivity contribution is -0.385. The van der Waals surface area contributed by atoms with Gasteiger partial charge in [0.2, 0.25) is 5.75 Å². The number of nitro benzene ring substituents is 1. The van der Waals surface area contributed by atoms with E-state index in [1.54, 1.807) is 44.2 Å². The second-order valence-electron chi connectivity index (χ2n) is 6.63. The number of rotatable bonds is 9. The fourth-order valence-electron chi connectivity index (χ4n) is 3.05. The zero-order valence-electron chi connectivity index (χ0n) is 17.9. The van der Waals surface area contributed by atoms with E-state index >= 15 is 0 Å². The highest BCUT2D eigenvalue weighted by Crippen LogP contribution is 2.39. The molecule has 1 saturated heterocycles. The molecule has 33 heavy (non-hydrogen) atoms. The molecular formula is C22H21N3O8. The van der Waals surface area contributed by atoms with Crippen LogP contribution in [0.5, 0.6) is 11.5 Å². The molecule has 0 unspecified atom stereocenters. The van der Waals surface area contributed by atoms with Gasteiger partial charge in [0.05, 0.1) is 23.8 Å². The molecule has 11 nitrogen and oxygen atoms in total. The molecule has 0 aromatic heterocycles. The van der Waals surface area contributed by atoms with Crippen molar-refractivity contribution in [2.45, 2.75) is 13.8 Å². The molecule has 0 bridgehead atoms. The molecule has 0 atom stereocenters. The van der Waals surface area contributed by atoms with Gasteiger partial charge in [-0.15, -0.1) is 0 Å². The Kier molecular flexibility index (Phi) is 7.24. The highest BCUT2D eigenvalue weighted by atomic mass is 16.6. The Balaban J connectivity index is 1.98. The van der Waals surface area contributed by atoms with Crippen molar-refractivity contribution < 1.29 is 33.5 Å². The first-order valence-electron chi connectivity index (χ1n) is 10.0. The van der Waals surface area contributed by atoms with Crippen LogP contribution in [0.4, 0.5) is 11.4 Å². The Bertz CT molecular complexity index is 1110. The van der Waals surface area contributed by atoms with Crippen molar-refractivity contribution in [3.8, 4) is 11.5 Å². The molecule has 1 aliphatic rings. The predicted molar refractivity (Wildman–Crippen MR) is 116 cm³/mol. The number of esters is 1. The van der Waals surface area contributed by atoms with Gasteiger partial charge in [-0.2, -0.15) is 0 Å². The van der Waals surface area contributed by atoms with Gasteiger partial charge in [0.25, 0.3) is 11.8 Å². The molecule has 11 heteroatoms. The van der Waals surface area contributed by atoms with Crippen LogP contribution in [0, 0.1) is 10.1 Å². The van der Waals surface area contributed by atoms with Gasteiger partial charge in [-0.3, -0.25) is 25.1 Å². The molecule has 1 aliphatic heterocycles. The van der Waals surface area contributed by atoms with Crippen molar-refractivity contribution >= 4 is 35.2 Å². The van der Waals surface area contributed by atoms with Gasteiger partial charge in [-0.05, 0) is 43.7 Å². The minimum absolute atomic E-state index is 0.0198.